The largest absolute Gasteiger partial charge is 0.366 e. The molecule has 0 spiro atoms. The zero-order chi connectivity index (χ0) is 15.5. The number of nitrogens with one attached hydrogen (secondary N) is 3. The van der Waals surface area contributed by atoms with Crippen molar-refractivity contribution in [2.45, 2.75) is 25.3 Å². The summed E-state index contributed by atoms with van der Waals surface area (Å²) in [6.45, 7) is 0.693. The predicted molar refractivity (Wildman–Crippen MR) is 89.6 cm³/mol. The molecule has 1 aliphatic rings. The Morgan fingerprint density at radius 2 is 2.09 bits per heavy atom. The quantitative estimate of drug-likeness (QED) is 0.650. The molecule has 116 valence electrons. The molecule has 4 rings (SSSR count). The zero-order valence-corrected chi connectivity index (χ0v) is 12.7. The van der Waals surface area contributed by atoms with E-state index in [9.17, 15) is 0 Å². The minimum Gasteiger partial charge on any atom is -0.366 e. The molecule has 23 heavy (non-hydrogen) atoms. The van der Waals surface area contributed by atoms with Gasteiger partial charge in [-0.2, -0.15) is 5.10 Å². The van der Waals surface area contributed by atoms with Gasteiger partial charge in [0.15, 0.2) is 5.82 Å². The van der Waals surface area contributed by atoms with Gasteiger partial charge in [-0.25, -0.2) is 4.98 Å². The summed E-state index contributed by atoms with van der Waals surface area (Å²) in [5.74, 6) is 2.33. The first-order valence-corrected chi connectivity index (χ1v) is 7.78. The van der Waals surface area contributed by atoms with E-state index in [1.807, 2.05) is 30.5 Å². The van der Waals surface area contributed by atoms with Gasteiger partial charge in [0.25, 0.3) is 0 Å². The fourth-order valence-corrected chi connectivity index (χ4v) is 2.45. The Balaban J connectivity index is 1.41. The van der Waals surface area contributed by atoms with Crippen molar-refractivity contribution in [2.75, 3.05) is 10.6 Å². The van der Waals surface area contributed by atoms with E-state index >= 15 is 0 Å². The van der Waals surface area contributed by atoms with Gasteiger partial charge in [-0.15, -0.1) is 0 Å². The van der Waals surface area contributed by atoms with Gasteiger partial charge >= 0.3 is 0 Å². The number of pyridine rings is 2. The van der Waals surface area contributed by atoms with Crippen molar-refractivity contribution in [1.82, 2.24) is 20.2 Å². The summed E-state index contributed by atoms with van der Waals surface area (Å²) >= 11 is 0. The van der Waals surface area contributed by atoms with E-state index < -0.39 is 0 Å². The standard InChI is InChI=1S/C17H18N6/c1-2-12(10-18-6-1)11-20-16-8-14(5-7-19-16)21-17-9-15(22-23-17)13-3-4-13/h1-2,5-10,13H,3-4,11H2,(H3,19,20,21,22,23). The van der Waals surface area contributed by atoms with Crippen LogP contribution in [0.1, 0.15) is 30.0 Å². The van der Waals surface area contributed by atoms with E-state index in [0.29, 0.717) is 12.5 Å². The van der Waals surface area contributed by atoms with E-state index in [2.05, 4.69) is 36.9 Å². The van der Waals surface area contributed by atoms with Crippen LogP contribution in [0.15, 0.2) is 48.9 Å². The fraction of sp³-hybridized carbons (Fsp3) is 0.235. The minimum absolute atomic E-state index is 0.673. The monoisotopic (exact) mass is 306 g/mol. The molecule has 6 nitrogen and oxygen atoms in total. The molecule has 0 aliphatic heterocycles. The molecule has 1 saturated carbocycles. The second-order valence-electron chi connectivity index (χ2n) is 5.75. The molecule has 3 aromatic rings. The van der Waals surface area contributed by atoms with Gasteiger partial charge in [0.05, 0.1) is 0 Å². The summed E-state index contributed by atoms with van der Waals surface area (Å²) in [6.07, 6.45) is 7.92. The minimum atomic E-state index is 0.673. The van der Waals surface area contributed by atoms with Crippen LogP contribution in [-0.4, -0.2) is 20.2 Å². The predicted octanol–water partition coefficient (Wildman–Crippen LogP) is 3.43. The number of rotatable bonds is 6. The van der Waals surface area contributed by atoms with Crippen molar-refractivity contribution >= 4 is 17.3 Å². The van der Waals surface area contributed by atoms with Crippen LogP contribution in [0.3, 0.4) is 0 Å². The lowest BCUT2D eigenvalue weighted by Crippen LogP contribution is -2.02. The third-order valence-corrected chi connectivity index (χ3v) is 3.84. The Bertz CT molecular complexity index is 779. The SMILES string of the molecule is c1cncc(CNc2cc(Nc3cc(C4CC4)[nH]n3)ccn2)c1. The highest BCUT2D eigenvalue weighted by Crippen LogP contribution is 2.39. The topological polar surface area (TPSA) is 78.5 Å². The number of aromatic amines is 1. The molecule has 6 heteroatoms. The molecule has 0 unspecified atom stereocenters. The van der Waals surface area contributed by atoms with Gasteiger partial charge in [-0.05, 0) is 30.5 Å². The Kier molecular flexibility index (Phi) is 3.63. The maximum atomic E-state index is 4.34. The molecule has 3 N–H and O–H groups in total. The molecule has 0 amide bonds. The average molecular weight is 306 g/mol. The zero-order valence-electron chi connectivity index (χ0n) is 12.7. The first-order chi connectivity index (χ1) is 11.4. The maximum Gasteiger partial charge on any atom is 0.152 e. The Morgan fingerprint density at radius 1 is 1.13 bits per heavy atom. The number of hydrogen-bond acceptors (Lipinski definition) is 5. The third kappa shape index (κ3) is 3.48. The van der Waals surface area contributed by atoms with Crippen LogP contribution in [0.25, 0.3) is 0 Å². The Hall–Kier alpha value is -2.89. The normalized spacial score (nSPS) is 13.7. The lowest BCUT2D eigenvalue weighted by molar-refractivity contribution is 0.967. The average Bonchev–Trinajstić information content (AvgIpc) is 3.34. The summed E-state index contributed by atoms with van der Waals surface area (Å²) in [7, 11) is 0. The summed E-state index contributed by atoms with van der Waals surface area (Å²) in [6, 6.07) is 9.95. The van der Waals surface area contributed by atoms with Gasteiger partial charge in [-0.3, -0.25) is 10.1 Å². The Morgan fingerprint density at radius 3 is 2.91 bits per heavy atom. The smallest absolute Gasteiger partial charge is 0.152 e. The maximum absolute atomic E-state index is 4.34. The van der Waals surface area contributed by atoms with Crippen molar-refractivity contribution < 1.29 is 0 Å². The van der Waals surface area contributed by atoms with Crippen molar-refractivity contribution in [1.29, 1.82) is 0 Å². The van der Waals surface area contributed by atoms with Gasteiger partial charge in [0, 0.05) is 54.6 Å². The molecule has 1 aliphatic carbocycles. The molecule has 3 aromatic heterocycles. The van der Waals surface area contributed by atoms with Gasteiger partial charge in [0.2, 0.25) is 0 Å². The molecule has 0 aromatic carbocycles. The van der Waals surface area contributed by atoms with Crippen LogP contribution in [0, 0.1) is 0 Å². The van der Waals surface area contributed by atoms with Crippen molar-refractivity contribution in [3.05, 3.63) is 60.2 Å². The van der Waals surface area contributed by atoms with Crippen LogP contribution in [-0.2, 0) is 6.54 Å². The number of hydrogen-bond donors (Lipinski definition) is 3. The molecule has 0 radical (unpaired) electrons. The van der Waals surface area contributed by atoms with Crippen LogP contribution in [0.5, 0.6) is 0 Å². The summed E-state index contributed by atoms with van der Waals surface area (Å²) in [5, 5.41) is 14.0. The van der Waals surface area contributed by atoms with E-state index in [1.54, 1.807) is 12.4 Å². The van der Waals surface area contributed by atoms with Crippen molar-refractivity contribution in [2.24, 2.45) is 0 Å². The number of nitrogens with zero attached hydrogens (tertiary/aromatic N) is 3. The highest BCUT2D eigenvalue weighted by Gasteiger charge is 2.25. The van der Waals surface area contributed by atoms with Gasteiger partial charge in [0.1, 0.15) is 5.82 Å². The van der Waals surface area contributed by atoms with Gasteiger partial charge in [-0.1, -0.05) is 6.07 Å². The highest BCUT2D eigenvalue weighted by molar-refractivity contribution is 5.60. The van der Waals surface area contributed by atoms with Crippen LogP contribution in [0.2, 0.25) is 0 Å². The molecular formula is C17H18N6. The van der Waals surface area contributed by atoms with E-state index in [-0.39, 0.29) is 0 Å². The fourth-order valence-electron chi connectivity index (χ4n) is 2.45. The molecule has 1 fully saturated rings. The lowest BCUT2D eigenvalue weighted by Gasteiger charge is -2.08. The van der Waals surface area contributed by atoms with Crippen molar-refractivity contribution in [3.63, 3.8) is 0 Å². The number of aromatic nitrogens is 4. The van der Waals surface area contributed by atoms with Gasteiger partial charge < -0.3 is 10.6 Å². The second-order valence-corrected chi connectivity index (χ2v) is 5.75. The third-order valence-electron chi connectivity index (χ3n) is 3.84. The van der Waals surface area contributed by atoms with Crippen molar-refractivity contribution in [3.8, 4) is 0 Å². The molecule has 0 saturated heterocycles. The number of anilines is 3. The van der Waals surface area contributed by atoms with Crippen LogP contribution >= 0.6 is 0 Å². The summed E-state index contributed by atoms with van der Waals surface area (Å²) < 4.78 is 0. The summed E-state index contributed by atoms with van der Waals surface area (Å²) in [5.41, 5.74) is 3.30. The molecule has 0 atom stereocenters. The van der Waals surface area contributed by atoms with E-state index in [0.717, 1.165) is 22.9 Å². The Labute approximate surface area is 134 Å². The van der Waals surface area contributed by atoms with Crippen LogP contribution < -0.4 is 10.6 Å². The number of H-pyrrole nitrogens is 1. The first-order valence-electron chi connectivity index (χ1n) is 7.78. The summed E-state index contributed by atoms with van der Waals surface area (Å²) in [4.78, 5) is 8.45. The van der Waals surface area contributed by atoms with E-state index in [4.69, 9.17) is 0 Å². The molecule has 0 bridgehead atoms. The highest BCUT2D eigenvalue weighted by atomic mass is 15.2. The second kappa shape index (κ2) is 6.08. The first kappa shape index (κ1) is 13.8. The lowest BCUT2D eigenvalue weighted by atomic mass is 10.3. The van der Waals surface area contributed by atoms with E-state index in [1.165, 1.54) is 18.5 Å². The van der Waals surface area contributed by atoms with Crippen LogP contribution in [0.4, 0.5) is 17.3 Å². The molecular weight excluding hydrogens is 288 g/mol. The molecule has 3 heterocycles.